The molecule has 23 heavy (non-hydrogen) atoms. The second kappa shape index (κ2) is 7.27. The molecule has 1 aromatic rings. The van der Waals surface area contributed by atoms with Crippen molar-refractivity contribution in [2.24, 2.45) is 17.6 Å². The monoisotopic (exact) mass is 319 g/mol. The Labute approximate surface area is 137 Å². The first-order valence-corrected chi connectivity index (χ1v) is 8.29. The van der Waals surface area contributed by atoms with Gasteiger partial charge in [-0.1, -0.05) is 0 Å². The molecule has 0 aromatic carbocycles. The van der Waals surface area contributed by atoms with E-state index in [4.69, 9.17) is 15.2 Å². The van der Waals surface area contributed by atoms with Crippen LogP contribution in [0.25, 0.3) is 0 Å². The number of rotatable bonds is 5. The fourth-order valence-corrected chi connectivity index (χ4v) is 3.72. The molecule has 0 unspecified atom stereocenters. The van der Waals surface area contributed by atoms with Crippen LogP contribution in [0.1, 0.15) is 25.0 Å². The minimum Gasteiger partial charge on any atom is -0.497 e. The number of carbonyl (C=O) groups is 1. The van der Waals surface area contributed by atoms with E-state index in [-0.39, 0.29) is 17.9 Å². The summed E-state index contributed by atoms with van der Waals surface area (Å²) in [5, 5.41) is 0. The van der Waals surface area contributed by atoms with E-state index in [1.807, 2.05) is 12.1 Å². The van der Waals surface area contributed by atoms with Crippen LogP contribution < -0.4 is 10.5 Å². The summed E-state index contributed by atoms with van der Waals surface area (Å²) < 4.78 is 11.0. The summed E-state index contributed by atoms with van der Waals surface area (Å²) in [6.45, 7) is 3.48. The number of carbonyl (C=O) groups excluding carboxylic acids is 1. The van der Waals surface area contributed by atoms with Gasteiger partial charge in [0.1, 0.15) is 5.75 Å². The van der Waals surface area contributed by atoms with Gasteiger partial charge in [-0.3, -0.25) is 14.7 Å². The zero-order valence-corrected chi connectivity index (χ0v) is 13.6. The van der Waals surface area contributed by atoms with Crippen LogP contribution >= 0.6 is 0 Å². The predicted octanol–water partition coefficient (Wildman–Crippen LogP) is 1.19. The maximum atomic E-state index is 11.5. The Kier molecular flexibility index (Phi) is 5.13. The van der Waals surface area contributed by atoms with Gasteiger partial charge >= 0.3 is 0 Å². The van der Waals surface area contributed by atoms with Gasteiger partial charge in [0.05, 0.1) is 24.8 Å². The summed E-state index contributed by atoms with van der Waals surface area (Å²) in [4.78, 5) is 18.3. The molecule has 2 aliphatic rings. The van der Waals surface area contributed by atoms with E-state index in [9.17, 15) is 4.79 Å². The number of amides is 1. The van der Waals surface area contributed by atoms with E-state index in [0.29, 0.717) is 12.5 Å². The fraction of sp³-hybridized carbons (Fsp3) is 0.647. The number of piperidine rings is 1. The normalized spacial score (nSPS) is 26.3. The average Bonchev–Trinajstić information content (AvgIpc) is 3.06. The first-order chi connectivity index (χ1) is 11.2. The van der Waals surface area contributed by atoms with Crippen LogP contribution in [0, 0.1) is 11.8 Å². The fourth-order valence-electron chi connectivity index (χ4n) is 3.72. The van der Waals surface area contributed by atoms with Crippen LogP contribution in [0.2, 0.25) is 0 Å². The highest BCUT2D eigenvalue weighted by Gasteiger charge is 2.39. The van der Waals surface area contributed by atoms with Crippen LogP contribution in [0.4, 0.5) is 0 Å². The lowest BCUT2D eigenvalue weighted by Gasteiger charge is -2.35. The van der Waals surface area contributed by atoms with Crippen molar-refractivity contribution in [1.82, 2.24) is 9.88 Å². The van der Waals surface area contributed by atoms with Crippen molar-refractivity contribution >= 4 is 5.91 Å². The van der Waals surface area contributed by atoms with Gasteiger partial charge in [0.2, 0.25) is 5.91 Å². The second-order valence-corrected chi connectivity index (χ2v) is 6.43. The van der Waals surface area contributed by atoms with Gasteiger partial charge < -0.3 is 15.2 Å². The molecule has 1 amide bonds. The largest absolute Gasteiger partial charge is 0.497 e. The Morgan fingerprint density at radius 3 is 2.91 bits per heavy atom. The number of hydrogen-bond acceptors (Lipinski definition) is 5. The highest BCUT2D eigenvalue weighted by Crippen LogP contribution is 2.33. The SMILES string of the molecule is COc1ccnc(CN2CCC([C@H]3OCC[C@@H]3C(N)=O)CC2)c1. The molecule has 2 N–H and O–H groups in total. The topological polar surface area (TPSA) is 77.7 Å². The number of hydrogen-bond donors (Lipinski definition) is 1. The van der Waals surface area contributed by atoms with Crippen molar-refractivity contribution in [3.63, 3.8) is 0 Å². The van der Waals surface area contributed by atoms with Crippen LogP contribution in [-0.2, 0) is 16.1 Å². The molecule has 0 saturated carbocycles. The molecule has 6 nitrogen and oxygen atoms in total. The van der Waals surface area contributed by atoms with Gasteiger partial charge in [0.25, 0.3) is 0 Å². The molecule has 3 heterocycles. The van der Waals surface area contributed by atoms with Gasteiger partial charge in [-0.15, -0.1) is 0 Å². The Balaban J connectivity index is 1.53. The van der Waals surface area contributed by atoms with Gasteiger partial charge in [0, 0.05) is 25.4 Å². The second-order valence-electron chi connectivity index (χ2n) is 6.43. The summed E-state index contributed by atoms with van der Waals surface area (Å²) in [6.07, 6.45) is 4.65. The minimum absolute atomic E-state index is 0.0181. The standard InChI is InChI=1S/C17H25N3O3/c1-22-14-2-6-19-13(10-14)11-20-7-3-12(4-8-20)16-15(17(18)21)5-9-23-16/h2,6,10,12,15-16H,3-5,7-9,11H2,1H3,(H2,18,21)/t15-,16+/m0/s1. The number of ether oxygens (including phenoxy) is 2. The Bertz CT molecular complexity index is 544. The molecular formula is C17H25N3O3. The first-order valence-electron chi connectivity index (χ1n) is 8.29. The lowest BCUT2D eigenvalue weighted by Crippen LogP contribution is -2.42. The van der Waals surface area contributed by atoms with Crippen molar-refractivity contribution in [1.29, 1.82) is 0 Å². The molecule has 0 aliphatic carbocycles. The van der Waals surface area contributed by atoms with Crippen molar-refractivity contribution in [3.8, 4) is 5.75 Å². The van der Waals surface area contributed by atoms with Crippen LogP contribution in [-0.4, -0.2) is 48.7 Å². The van der Waals surface area contributed by atoms with Gasteiger partial charge in [0.15, 0.2) is 0 Å². The van der Waals surface area contributed by atoms with Crippen LogP contribution in [0.5, 0.6) is 5.75 Å². The summed E-state index contributed by atoms with van der Waals surface area (Å²) in [5.41, 5.74) is 6.53. The Morgan fingerprint density at radius 1 is 1.43 bits per heavy atom. The van der Waals surface area contributed by atoms with E-state index < -0.39 is 0 Å². The summed E-state index contributed by atoms with van der Waals surface area (Å²) in [6, 6.07) is 3.84. The molecule has 0 radical (unpaired) electrons. The number of likely N-dealkylation sites (tertiary alicyclic amines) is 1. The highest BCUT2D eigenvalue weighted by atomic mass is 16.5. The molecular weight excluding hydrogens is 294 g/mol. The third-order valence-corrected chi connectivity index (χ3v) is 5.01. The van der Waals surface area contributed by atoms with Gasteiger partial charge in [-0.25, -0.2) is 0 Å². The number of pyridine rings is 1. The molecule has 1 aromatic heterocycles. The molecule has 0 bridgehead atoms. The molecule has 2 saturated heterocycles. The van der Waals surface area contributed by atoms with E-state index in [0.717, 1.165) is 50.3 Å². The van der Waals surface area contributed by atoms with Crippen LogP contribution in [0.3, 0.4) is 0 Å². The van der Waals surface area contributed by atoms with Crippen molar-refractivity contribution in [2.75, 3.05) is 26.8 Å². The zero-order chi connectivity index (χ0) is 16.2. The van der Waals surface area contributed by atoms with Crippen molar-refractivity contribution in [2.45, 2.75) is 31.9 Å². The molecule has 3 rings (SSSR count). The molecule has 2 aliphatic heterocycles. The van der Waals surface area contributed by atoms with Gasteiger partial charge in [-0.2, -0.15) is 0 Å². The van der Waals surface area contributed by atoms with Crippen LogP contribution in [0.15, 0.2) is 18.3 Å². The smallest absolute Gasteiger partial charge is 0.223 e. The maximum Gasteiger partial charge on any atom is 0.223 e. The summed E-state index contributed by atoms with van der Waals surface area (Å²) >= 11 is 0. The number of aromatic nitrogens is 1. The molecule has 2 fully saturated rings. The minimum atomic E-state index is -0.212. The molecule has 2 atom stereocenters. The predicted molar refractivity (Wildman–Crippen MR) is 85.8 cm³/mol. The Morgan fingerprint density at radius 2 is 2.22 bits per heavy atom. The number of nitrogens with zero attached hydrogens (tertiary/aromatic N) is 2. The molecule has 0 spiro atoms. The third kappa shape index (κ3) is 3.82. The van der Waals surface area contributed by atoms with E-state index in [2.05, 4.69) is 9.88 Å². The quantitative estimate of drug-likeness (QED) is 0.882. The van der Waals surface area contributed by atoms with E-state index in [1.165, 1.54) is 0 Å². The summed E-state index contributed by atoms with van der Waals surface area (Å²) in [7, 11) is 1.67. The van der Waals surface area contributed by atoms with Gasteiger partial charge in [-0.05, 0) is 44.3 Å². The lowest BCUT2D eigenvalue weighted by atomic mass is 9.84. The number of primary amides is 1. The molecule has 126 valence electrons. The van der Waals surface area contributed by atoms with E-state index in [1.54, 1.807) is 13.3 Å². The number of methoxy groups -OCH3 is 1. The third-order valence-electron chi connectivity index (χ3n) is 5.01. The lowest BCUT2D eigenvalue weighted by molar-refractivity contribution is -0.124. The zero-order valence-electron chi connectivity index (χ0n) is 13.6. The summed E-state index contributed by atoms with van der Waals surface area (Å²) in [5.74, 6) is 0.958. The molecule has 6 heteroatoms. The van der Waals surface area contributed by atoms with Crippen molar-refractivity contribution in [3.05, 3.63) is 24.0 Å². The first kappa shape index (κ1) is 16.2. The Hall–Kier alpha value is -1.66. The average molecular weight is 319 g/mol. The van der Waals surface area contributed by atoms with E-state index >= 15 is 0 Å². The van der Waals surface area contributed by atoms with Crippen molar-refractivity contribution < 1.29 is 14.3 Å². The highest BCUT2D eigenvalue weighted by molar-refractivity contribution is 5.77. The maximum absolute atomic E-state index is 11.5. The number of nitrogens with two attached hydrogens (primary N) is 1.